The number of carbonyl (C=O) groups is 1. The van der Waals surface area contributed by atoms with Gasteiger partial charge in [-0.05, 0) is 62.1 Å². The number of ether oxygens (including phenoxy) is 1. The van der Waals surface area contributed by atoms with Crippen LogP contribution >= 0.6 is 0 Å². The molecule has 1 fully saturated rings. The van der Waals surface area contributed by atoms with E-state index in [2.05, 4.69) is 20.6 Å². The van der Waals surface area contributed by atoms with E-state index in [1.165, 1.54) is 18.2 Å². The van der Waals surface area contributed by atoms with Crippen molar-refractivity contribution < 1.29 is 27.1 Å². The molecular weight excluding hydrogens is 456 g/mol. The van der Waals surface area contributed by atoms with E-state index in [4.69, 9.17) is 4.74 Å². The third-order valence-electron chi connectivity index (χ3n) is 5.64. The van der Waals surface area contributed by atoms with Gasteiger partial charge in [-0.3, -0.25) is 4.79 Å². The topological polar surface area (TPSA) is 84.6 Å². The van der Waals surface area contributed by atoms with Gasteiger partial charge in [0.15, 0.2) is 5.65 Å². The Morgan fingerprint density at radius 3 is 2.50 bits per heavy atom. The normalized spacial score (nSPS) is 15.0. The summed E-state index contributed by atoms with van der Waals surface area (Å²) in [5.74, 6) is -0.676. The molecule has 1 aliphatic rings. The van der Waals surface area contributed by atoms with Crippen LogP contribution in [0.1, 0.15) is 31.5 Å². The fourth-order valence-corrected chi connectivity index (χ4v) is 3.80. The molecule has 0 bridgehead atoms. The average molecular weight is 480 g/mol. The second-order valence-corrected chi connectivity index (χ2v) is 8.04. The first-order valence-electron chi connectivity index (χ1n) is 11.0. The van der Waals surface area contributed by atoms with Crippen molar-refractivity contribution in [2.75, 3.05) is 31.1 Å². The Bertz CT molecular complexity index is 1110. The van der Waals surface area contributed by atoms with Gasteiger partial charge < -0.3 is 15.0 Å². The smallest absolute Gasteiger partial charge is 0.453 e. The standard InChI is InChI=1S/C22H24F4N6O2/c23-16-3-5-17(6-4-16)34-14-2-1-11-27-20(33)15-9-12-31(13-10-15)19-8-7-18-28-29-21(22(24,25)26)32(18)30-19/h3-8,15H,1-2,9-14H2,(H,27,33). The third kappa shape index (κ3) is 5.72. The maximum atomic E-state index is 13.1. The Hall–Kier alpha value is -3.44. The third-order valence-corrected chi connectivity index (χ3v) is 5.64. The largest absolute Gasteiger partial charge is 0.494 e. The Morgan fingerprint density at radius 2 is 1.79 bits per heavy atom. The Kier molecular flexibility index (Phi) is 7.13. The maximum absolute atomic E-state index is 13.1. The van der Waals surface area contributed by atoms with Crippen molar-refractivity contribution in [3.63, 3.8) is 0 Å². The molecule has 0 aliphatic carbocycles. The van der Waals surface area contributed by atoms with Crippen molar-refractivity contribution >= 4 is 17.4 Å². The zero-order valence-corrected chi connectivity index (χ0v) is 18.3. The Balaban J connectivity index is 1.19. The van der Waals surface area contributed by atoms with E-state index in [1.54, 1.807) is 18.2 Å². The van der Waals surface area contributed by atoms with E-state index in [0.717, 1.165) is 12.8 Å². The molecule has 1 saturated heterocycles. The minimum absolute atomic E-state index is 0.0217. The molecule has 3 aromatic rings. The van der Waals surface area contributed by atoms with E-state index in [9.17, 15) is 22.4 Å². The molecule has 1 amide bonds. The molecule has 4 rings (SSSR count). The number of alkyl halides is 3. The number of nitrogens with one attached hydrogen (secondary N) is 1. The number of hydrogen-bond acceptors (Lipinski definition) is 6. The van der Waals surface area contributed by atoms with Gasteiger partial charge in [0.25, 0.3) is 5.82 Å². The summed E-state index contributed by atoms with van der Waals surface area (Å²) >= 11 is 0. The van der Waals surface area contributed by atoms with Crippen molar-refractivity contribution in [2.24, 2.45) is 5.92 Å². The number of anilines is 1. The lowest BCUT2D eigenvalue weighted by Crippen LogP contribution is -2.41. The fourth-order valence-electron chi connectivity index (χ4n) is 3.80. The molecular formula is C22H24F4N6O2. The van der Waals surface area contributed by atoms with Crippen LogP contribution in [0, 0.1) is 11.7 Å². The Morgan fingerprint density at radius 1 is 1.06 bits per heavy atom. The SMILES string of the molecule is O=C(NCCCCOc1ccc(F)cc1)C1CCN(c2ccc3nnc(C(F)(F)F)n3n2)CC1. The van der Waals surface area contributed by atoms with Gasteiger partial charge in [0, 0.05) is 25.6 Å². The predicted octanol–water partition coefficient (Wildman–Crippen LogP) is 3.47. The van der Waals surface area contributed by atoms with E-state index in [1.807, 2.05) is 4.90 Å². The van der Waals surface area contributed by atoms with Crippen LogP contribution in [0.25, 0.3) is 5.65 Å². The van der Waals surface area contributed by atoms with Gasteiger partial charge in [-0.1, -0.05) is 0 Å². The molecule has 34 heavy (non-hydrogen) atoms. The summed E-state index contributed by atoms with van der Waals surface area (Å²) in [6, 6.07) is 8.87. The number of amides is 1. The lowest BCUT2D eigenvalue weighted by Gasteiger charge is -2.32. The van der Waals surface area contributed by atoms with Gasteiger partial charge in [-0.25, -0.2) is 4.39 Å². The number of rotatable bonds is 8. The first-order valence-corrected chi connectivity index (χ1v) is 11.0. The van der Waals surface area contributed by atoms with Gasteiger partial charge in [-0.2, -0.15) is 17.7 Å². The van der Waals surface area contributed by atoms with Crippen LogP contribution < -0.4 is 15.0 Å². The summed E-state index contributed by atoms with van der Waals surface area (Å²) in [6.07, 6.45) is -2.01. The molecule has 0 saturated carbocycles. The zero-order chi connectivity index (χ0) is 24.1. The highest BCUT2D eigenvalue weighted by Crippen LogP contribution is 2.28. The van der Waals surface area contributed by atoms with Gasteiger partial charge in [0.1, 0.15) is 17.4 Å². The number of hydrogen-bond donors (Lipinski definition) is 1. The number of halogens is 4. The second kappa shape index (κ2) is 10.2. The van der Waals surface area contributed by atoms with Crippen LogP contribution in [0.2, 0.25) is 0 Å². The molecule has 3 heterocycles. The van der Waals surface area contributed by atoms with Crippen LogP contribution in [-0.2, 0) is 11.0 Å². The molecule has 0 spiro atoms. The first kappa shape index (κ1) is 23.7. The second-order valence-electron chi connectivity index (χ2n) is 8.04. The number of unbranched alkanes of at least 4 members (excludes halogenated alkanes) is 1. The van der Waals surface area contributed by atoms with Gasteiger partial charge in [-0.15, -0.1) is 15.3 Å². The van der Waals surface area contributed by atoms with Crippen molar-refractivity contribution in [1.82, 2.24) is 25.1 Å². The summed E-state index contributed by atoms with van der Waals surface area (Å²) in [6.45, 7) is 2.01. The lowest BCUT2D eigenvalue weighted by atomic mass is 9.96. The maximum Gasteiger partial charge on any atom is 0.453 e. The van der Waals surface area contributed by atoms with E-state index in [-0.39, 0.29) is 23.3 Å². The predicted molar refractivity (Wildman–Crippen MR) is 115 cm³/mol. The quantitative estimate of drug-likeness (QED) is 0.393. The minimum atomic E-state index is -4.65. The highest BCUT2D eigenvalue weighted by molar-refractivity contribution is 5.78. The number of benzene rings is 1. The van der Waals surface area contributed by atoms with E-state index < -0.39 is 12.0 Å². The van der Waals surface area contributed by atoms with Crippen LogP contribution in [0.3, 0.4) is 0 Å². The molecule has 12 heteroatoms. The van der Waals surface area contributed by atoms with E-state index >= 15 is 0 Å². The zero-order valence-electron chi connectivity index (χ0n) is 18.3. The van der Waals surface area contributed by atoms with Crippen LogP contribution in [0.5, 0.6) is 5.75 Å². The van der Waals surface area contributed by atoms with Crippen molar-refractivity contribution in [3.05, 3.63) is 48.0 Å². The molecule has 0 radical (unpaired) electrons. The number of fused-ring (bicyclic) bond motifs is 1. The molecule has 0 unspecified atom stereocenters. The number of aromatic nitrogens is 4. The van der Waals surface area contributed by atoms with Gasteiger partial charge >= 0.3 is 6.18 Å². The summed E-state index contributed by atoms with van der Waals surface area (Å²) in [7, 11) is 0. The first-order chi connectivity index (χ1) is 16.3. The molecule has 8 nitrogen and oxygen atoms in total. The minimum Gasteiger partial charge on any atom is -0.494 e. The highest BCUT2D eigenvalue weighted by Gasteiger charge is 2.38. The summed E-state index contributed by atoms with van der Waals surface area (Å²) in [5, 5.41) is 13.7. The fraction of sp³-hybridized carbons (Fsp3) is 0.455. The average Bonchev–Trinajstić information content (AvgIpc) is 3.26. The molecule has 1 aliphatic heterocycles. The summed E-state index contributed by atoms with van der Waals surface area (Å²) in [4.78, 5) is 14.3. The molecule has 2 aromatic heterocycles. The van der Waals surface area contributed by atoms with Crippen LogP contribution in [0.4, 0.5) is 23.4 Å². The number of carbonyl (C=O) groups excluding carboxylic acids is 1. The highest BCUT2D eigenvalue weighted by atomic mass is 19.4. The van der Waals surface area contributed by atoms with Crippen LogP contribution in [-0.4, -0.2) is 52.0 Å². The lowest BCUT2D eigenvalue weighted by molar-refractivity contribution is -0.146. The molecule has 0 atom stereocenters. The van der Waals surface area contributed by atoms with Crippen LogP contribution in [0.15, 0.2) is 36.4 Å². The number of nitrogens with zero attached hydrogens (tertiary/aromatic N) is 5. The van der Waals surface area contributed by atoms with Gasteiger partial charge in [0.05, 0.1) is 6.61 Å². The van der Waals surface area contributed by atoms with E-state index in [0.29, 0.717) is 55.2 Å². The Labute approximate surface area is 192 Å². The number of piperidine rings is 1. The van der Waals surface area contributed by atoms with Crippen molar-refractivity contribution in [2.45, 2.75) is 31.9 Å². The van der Waals surface area contributed by atoms with Crippen molar-refractivity contribution in [3.8, 4) is 5.75 Å². The summed E-state index contributed by atoms with van der Waals surface area (Å²) < 4.78 is 58.3. The molecule has 1 aromatic carbocycles. The van der Waals surface area contributed by atoms with Crippen molar-refractivity contribution in [1.29, 1.82) is 0 Å². The summed E-state index contributed by atoms with van der Waals surface area (Å²) in [5.41, 5.74) is 0.0217. The monoisotopic (exact) mass is 480 g/mol. The van der Waals surface area contributed by atoms with Gasteiger partial charge in [0.2, 0.25) is 5.91 Å². The molecule has 1 N–H and O–H groups in total. The molecule has 182 valence electrons.